The molecule has 0 saturated carbocycles. The minimum absolute atomic E-state index is 0.159. The smallest absolute Gasteiger partial charge is 0.252 e. The molecule has 0 unspecified atom stereocenters. The summed E-state index contributed by atoms with van der Waals surface area (Å²) in [6, 6.07) is 6.29. The molecule has 1 aliphatic carbocycles. The molecule has 0 fully saturated rings. The van der Waals surface area contributed by atoms with Crippen LogP contribution in [0.5, 0.6) is 0 Å². The molecule has 4 heteroatoms. The first-order valence-electron chi connectivity index (χ1n) is 7.28. The zero-order valence-corrected chi connectivity index (χ0v) is 13.0. The van der Waals surface area contributed by atoms with E-state index in [1.807, 2.05) is 19.2 Å². The molecular weight excluding hydrogens is 262 g/mol. The molecule has 4 nitrogen and oxygen atoms in total. The van der Waals surface area contributed by atoms with Crippen molar-refractivity contribution in [1.82, 2.24) is 9.78 Å². The van der Waals surface area contributed by atoms with Gasteiger partial charge in [0.1, 0.15) is 5.69 Å². The molecule has 0 saturated heterocycles. The van der Waals surface area contributed by atoms with E-state index in [4.69, 9.17) is 5.73 Å². The van der Waals surface area contributed by atoms with Crippen molar-refractivity contribution in [2.75, 3.05) is 0 Å². The molecule has 3 rings (SSSR count). The number of hydrogen-bond acceptors (Lipinski definition) is 2. The molecular formula is C17H21N3O. The second kappa shape index (κ2) is 4.45. The third kappa shape index (κ3) is 2.06. The number of primary amides is 1. The van der Waals surface area contributed by atoms with Gasteiger partial charge in [0.25, 0.3) is 5.91 Å². The Morgan fingerprint density at radius 3 is 2.81 bits per heavy atom. The average molecular weight is 283 g/mol. The predicted molar refractivity (Wildman–Crippen MR) is 83.2 cm³/mol. The molecule has 1 aliphatic rings. The van der Waals surface area contributed by atoms with Crippen LogP contribution in [0.3, 0.4) is 0 Å². The van der Waals surface area contributed by atoms with Gasteiger partial charge in [-0.3, -0.25) is 9.48 Å². The zero-order chi connectivity index (χ0) is 15.4. The number of fused-ring (bicyclic) bond motifs is 1. The second-order valence-electron chi connectivity index (χ2n) is 6.69. The zero-order valence-electron chi connectivity index (χ0n) is 13.0. The Morgan fingerprint density at radius 1 is 1.43 bits per heavy atom. The number of rotatable bonds is 2. The van der Waals surface area contributed by atoms with Gasteiger partial charge in [0.05, 0.1) is 5.56 Å². The molecule has 1 atom stereocenters. The van der Waals surface area contributed by atoms with E-state index in [0.29, 0.717) is 17.2 Å². The van der Waals surface area contributed by atoms with Crippen LogP contribution >= 0.6 is 0 Å². The molecule has 0 radical (unpaired) electrons. The topological polar surface area (TPSA) is 60.9 Å². The molecule has 1 aromatic carbocycles. The van der Waals surface area contributed by atoms with E-state index in [9.17, 15) is 4.79 Å². The molecule has 21 heavy (non-hydrogen) atoms. The molecule has 0 spiro atoms. The van der Waals surface area contributed by atoms with Gasteiger partial charge in [-0.05, 0) is 28.9 Å². The fourth-order valence-electron chi connectivity index (χ4n) is 3.74. The number of nitrogens with two attached hydrogens (primary N) is 1. The quantitative estimate of drug-likeness (QED) is 0.921. The molecule has 2 aromatic rings. The highest BCUT2D eigenvalue weighted by atomic mass is 16.1. The van der Waals surface area contributed by atoms with Gasteiger partial charge in [-0.1, -0.05) is 39.0 Å². The van der Waals surface area contributed by atoms with Gasteiger partial charge in [-0.2, -0.15) is 5.10 Å². The van der Waals surface area contributed by atoms with Gasteiger partial charge in [-0.15, -0.1) is 0 Å². The van der Waals surface area contributed by atoms with Crippen LogP contribution in [0.2, 0.25) is 0 Å². The van der Waals surface area contributed by atoms with Crippen LogP contribution in [0.25, 0.3) is 11.3 Å². The monoisotopic (exact) mass is 283 g/mol. The number of hydrogen-bond donors (Lipinski definition) is 1. The highest BCUT2D eigenvalue weighted by Gasteiger charge is 2.36. The highest BCUT2D eigenvalue weighted by molar-refractivity contribution is 5.99. The van der Waals surface area contributed by atoms with Crippen molar-refractivity contribution in [2.24, 2.45) is 12.8 Å². The lowest BCUT2D eigenvalue weighted by molar-refractivity contribution is 0.100. The van der Waals surface area contributed by atoms with Crippen molar-refractivity contribution >= 4 is 5.91 Å². The maximum atomic E-state index is 11.7. The van der Waals surface area contributed by atoms with Gasteiger partial charge >= 0.3 is 0 Å². The Hall–Kier alpha value is -2.10. The van der Waals surface area contributed by atoms with Gasteiger partial charge in [0.2, 0.25) is 0 Å². The van der Waals surface area contributed by atoms with E-state index in [-0.39, 0.29) is 5.41 Å². The fourth-order valence-corrected chi connectivity index (χ4v) is 3.74. The molecule has 1 aromatic heterocycles. The Bertz CT molecular complexity index is 728. The van der Waals surface area contributed by atoms with Gasteiger partial charge in [-0.25, -0.2) is 0 Å². The van der Waals surface area contributed by atoms with E-state index < -0.39 is 5.91 Å². The summed E-state index contributed by atoms with van der Waals surface area (Å²) in [5, 5.41) is 4.48. The predicted octanol–water partition coefficient (Wildman–Crippen LogP) is 2.97. The van der Waals surface area contributed by atoms with Crippen LogP contribution in [-0.2, 0) is 12.5 Å². The third-order valence-corrected chi connectivity index (χ3v) is 4.49. The van der Waals surface area contributed by atoms with Crippen LogP contribution in [-0.4, -0.2) is 15.7 Å². The summed E-state index contributed by atoms with van der Waals surface area (Å²) in [4.78, 5) is 11.7. The number of carbonyl (C=O) groups is 1. The normalized spacial score (nSPS) is 19.5. The maximum absolute atomic E-state index is 11.7. The van der Waals surface area contributed by atoms with Crippen molar-refractivity contribution in [1.29, 1.82) is 0 Å². The lowest BCUT2D eigenvalue weighted by atomic mass is 9.85. The van der Waals surface area contributed by atoms with E-state index in [0.717, 1.165) is 12.0 Å². The van der Waals surface area contributed by atoms with Gasteiger partial charge in [0.15, 0.2) is 0 Å². The summed E-state index contributed by atoms with van der Waals surface area (Å²) in [6.07, 6.45) is 2.81. The number of nitrogens with zero attached hydrogens (tertiary/aromatic N) is 2. The van der Waals surface area contributed by atoms with Crippen LogP contribution in [0.4, 0.5) is 0 Å². The summed E-state index contributed by atoms with van der Waals surface area (Å²) >= 11 is 0. The van der Waals surface area contributed by atoms with Gasteiger partial charge in [0, 0.05) is 18.8 Å². The van der Waals surface area contributed by atoms with Crippen molar-refractivity contribution in [3.8, 4) is 11.3 Å². The largest absolute Gasteiger partial charge is 0.365 e. The van der Waals surface area contributed by atoms with E-state index >= 15 is 0 Å². The first-order valence-corrected chi connectivity index (χ1v) is 7.28. The lowest BCUT2D eigenvalue weighted by Gasteiger charge is -2.19. The Balaban J connectivity index is 2.27. The number of aryl methyl sites for hydroxylation is 1. The summed E-state index contributed by atoms with van der Waals surface area (Å²) in [5.74, 6) is 0.0227. The minimum Gasteiger partial charge on any atom is -0.365 e. The Kier molecular flexibility index (Phi) is 2.94. The molecule has 0 bridgehead atoms. The number of amides is 1. The molecule has 1 heterocycles. The van der Waals surface area contributed by atoms with Crippen LogP contribution in [0.15, 0.2) is 24.4 Å². The summed E-state index contributed by atoms with van der Waals surface area (Å²) in [7, 11) is 1.81. The van der Waals surface area contributed by atoms with Crippen LogP contribution in [0, 0.1) is 0 Å². The lowest BCUT2D eigenvalue weighted by Crippen LogP contribution is -2.12. The summed E-state index contributed by atoms with van der Waals surface area (Å²) in [6.45, 7) is 6.78. The maximum Gasteiger partial charge on any atom is 0.252 e. The average Bonchev–Trinajstić information content (AvgIpc) is 2.89. The minimum atomic E-state index is -0.430. The van der Waals surface area contributed by atoms with Crippen molar-refractivity contribution in [2.45, 2.75) is 38.5 Å². The SMILES string of the molecule is C[C@@H]1CC(C)(C)c2cccc(-c3nn(C)cc3C(N)=O)c21. The van der Waals surface area contributed by atoms with E-state index in [2.05, 4.69) is 31.9 Å². The summed E-state index contributed by atoms with van der Waals surface area (Å²) < 4.78 is 1.65. The second-order valence-corrected chi connectivity index (χ2v) is 6.69. The third-order valence-electron chi connectivity index (χ3n) is 4.49. The first-order chi connectivity index (χ1) is 9.81. The van der Waals surface area contributed by atoms with Gasteiger partial charge < -0.3 is 5.73 Å². The Morgan fingerprint density at radius 2 is 2.14 bits per heavy atom. The Labute approximate surface area is 125 Å². The number of aromatic nitrogens is 2. The molecule has 0 aliphatic heterocycles. The molecule has 110 valence electrons. The number of benzene rings is 1. The van der Waals surface area contributed by atoms with Crippen LogP contribution in [0.1, 0.15) is 54.6 Å². The summed E-state index contributed by atoms with van der Waals surface area (Å²) in [5.41, 5.74) is 10.6. The standard InChI is InChI=1S/C17H21N3O/c1-10-8-17(2,3)13-7-5-6-11(14(10)13)15-12(16(18)21)9-20(4)19-15/h5-7,9-10H,8H2,1-4H3,(H2,18,21)/t10-/m1/s1. The van der Waals surface area contributed by atoms with E-state index in [1.54, 1.807) is 10.9 Å². The molecule has 2 N–H and O–H groups in total. The fraction of sp³-hybridized carbons (Fsp3) is 0.412. The van der Waals surface area contributed by atoms with Crippen molar-refractivity contribution in [3.63, 3.8) is 0 Å². The first kappa shape index (κ1) is 13.9. The van der Waals surface area contributed by atoms with Crippen LogP contribution < -0.4 is 5.73 Å². The van der Waals surface area contributed by atoms with E-state index in [1.165, 1.54) is 11.1 Å². The highest BCUT2D eigenvalue weighted by Crippen LogP contribution is 2.49. The van der Waals surface area contributed by atoms with Crippen molar-refractivity contribution < 1.29 is 4.79 Å². The number of carbonyl (C=O) groups excluding carboxylic acids is 1. The van der Waals surface area contributed by atoms with Crippen molar-refractivity contribution in [3.05, 3.63) is 41.1 Å². The molecule has 1 amide bonds.